The van der Waals surface area contributed by atoms with Crippen molar-refractivity contribution in [1.82, 2.24) is 0 Å². The van der Waals surface area contributed by atoms with E-state index in [1.165, 1.54) is 40.7 Å². The molecular formula is C49H66O4. The second kappa shape index (κ2) is 16.1. The van der Waals surface area contributed by atoms with Crippen LogP contribution in [0, 0.1) is 29.1 Å². The molecule has 0 aromatic heterocycles. The third-order valence-corrected chi connectivity index (χ3v) is 13.6. The van der Waals surface area contributed by atoms with Crippen LogP contribution in [0.15, 0.2) is 131 Å². The molecule has 53 heavy (non-hydrogen) atoms. The van der Waals surface area contributed by atoms with Crippen LogP contribution in [0.1, 0.15) is 126 Å². The maximum atomic E-state index is 12.9. The Morgan fingerprint density at radius 1 is 1.06 bits per heavy atom. The molecule has 4 heteroatoms. The third-order valence-electron chi connectivity index (χ3n) is 13.6. The lowest BCUT2D eigenvalue weighted by Gasteiger charge is -2.59. The molecular weight excluding hydrogens is 653 g/mol. The smallest absolute Gasteiger partial charge is 0.136 e. The summed E-state index contributed by atoms with van der Waals surface area (Å²) in [6, 6.07) is 0. The number of aliphatic hydroxyl groups is 1. The van der Waals surface area contributed by atoms with Gasteiger partial charge in [-0.25, -0.2) is 0 Å². The monoisotopic (exact) mass is 718 g/mol. The highest BCUT2D eigenvalue weighted by Gasteiger charge is 2.60. The molecule has 4 nitrogen and oxygen atoms in total. The maximum absolute atomic E-state index is 12.9. The molecule has 1 aliphatic heterocycles. The summed E-state index contributed by atoms with van der Waals surface area (Å²) in [6.45, 7) is 23.2. The van der Waals surface area contributed by atoms with Gasteiger partial charge in [0.15, 0.2) is 0 Å². The summed E-state index contributed by atoms with van der Waals surface area (Å²) in [7, 11) is 0. The minimum Gasteiger partial charge on any atom is -0.495 e. The normalized spacial score (nSPS) is 33.3. The fraction of sp³-hybridized carbons (Fsp3) is 0.551. The van der Waals surface area contributed by atoms with E-state index in [0.717, 1.165) is 81.5 Å². The predicted octanol–water partition coefficient (Wildman–Crippen LogP) is 12.8. The summed E-state index contributed by atoms with van der Waals surface area (Å²) in [5.41, 5.74) is 5.29. The average Bonchev–Trinajstić information content (AvgIpc) is 3.16. The van der Waals surface area contributed by atoms with Gasteiger partial charge in [-0.05, 0) is 138 Å². The van der Waals surface area contributed by atoms with Crippen LogP contribution in [-0.2, 0) is 14.2 Å². The van der Waals surface area contributed by atoms with Crippen molar-refractivity contribution in [1.29, 1.82) is 0 Å². The third kappa shape index (κ3) is 7.22. The molecule has 0 aromatic rings. The summed E-state index contributed by atoms with van der Waals surface area (Å²) >= 11 is 0. The van der Waals surface area contributed by atoms with E-state index < -0.39 is 11.2 Å². The summed E-state index contributed by atoms with van der Waals surface area (Å²) in [6.07, 6.45) is 36.3. The number of rotatable bonds is 12. The number of hydrogen-bond acceptors (Lipinski definition) is 4. The van der Waals surface area contributed by atoms with Gasteiger partial charge in [-0.1, -0.05) is 89.0 Å². The Balaban J connectivity index is 1.44. The standard InChI is InChI=1S/C49H66O4/c1-10-14-20-33(5)51-34(6)25-26-35(12-3)49(36-27-29-38(30-28-36)52-37(13-4)19-11-2)32-31-42-45-44(39-21-15-16-22-40(39)46(42)53-49)41-23-17-18-24-43(41)47(7,8)48(45,9)50/h10-11,14-15,19-21,25-26,31-32,35-36,38,42,45,50H,2,6,12-13,16-18,22-24,27-30H2,1,3-5,7-9H3/b14-10-,26-25-,33-20+,37-19+/t35?,36?,38?,42?,45-,48?,49?/m0/s1. The highest BCUT2D eigenvalue weighted by molar-refractivity contribution is 5.63. The maximum Gasteiger partial charge on any atom is 0.136 e. The number of hydrogen-bond donors (Lipinski definition) is 1. The first-order chi connectivity index (χ1) is 25.4. The molecule has 1 fully saturated rings. The van der Waals surface area contributed by atoms with E-state index >= 15 is 0 Å². The van der Waals surface area contributed by atoms with Crippen molar-refractivity contribution < 1.29 is 19.3 Å². The molecule has 6 rings (SSSR count). The average molecular weight is 719 g/mol. The molecule has 286 valence electrons. The lowest BCUT2D eigenvalue weighted by molar-refractivity contribution is -0.115. The zero-order valence-electron chi connectivity index (χ0n) is 33.8. The Kier molecular flexibility index (Phi) is 11.9. The molecule has 1 heterocycles. The van der Waals surface area contributed by atoms with Crippen molar-refractivity contribution >= 4 is 0 Å². The van der Waals surface area contributed by atoms with Crippen molar-refractivity contribution in [2.24, 2.45) is 29.1 Å². The zero-order valence-corrected chi connectivity index (χ0v) is 33.8. The van der Waals surface area contributed by atoms with Gasteiger partial charge in [0.25, 0.3) is 0 Å². The molecule has 0 amide bonds. The van der Waals surface area contributed by atoms with Crippen LogP contribution in [-0.4, -0.2) is 22.4 Å². The molecule has 0 aromatic carbocycles. The van der Waals surface area contributed by atoms with Crippen LogP contribution >= 0.6 is 0 Å². The van der Waals surface area contributed by atoms with E-state index in [1.807, 2.05) is 50.3 Å². The van der Waals surface area contributed by atoms with E-state index in [1.54, 1.807) is 0 Å². The summed E-state index contributed by atoms with van der Waals surface area (Å²) < 4.78 is 20.4. The molecule has 1 N–H and O–H groups in total. The Labute approximate surface area is 321 Å². The van der Waals surface area contributed by atoms with Crippen molar-refractivity contribution in [2.75, 3.05) is 0 Å². The summed E-state index contributed by atoms with van der Waals surface area (Å²) in [4.78, 5) is 0. The van der Waals surface area contributed by atoms with Crippen LogP contribution in [0.5, 0.6) is 0 Å². The molecule has 0 spiro atoms. The number of fused-ring (bicyclic) bond motifs is 5. The van der Waals surface area contributed by atoms with Crippen LogP contribution in [0.3, 0.4) is 0 Å². The second-order valence-corrected chi connectivity index (χ2v) is 16.9. The second-order valence-electron chi connectivity index (χ2n) is 16.9. The predicted molar refractivity (Wildman–Crippen MR) is 219 cm³/mol. The Morgan fingerprint density at radius 2 is 1.81 bits per heavy atom. The Hall–Kier alpha value is -3.50. The van der Waals surface area contributed by atoms with Gasteiger partial charge in [0, 0.05) is 35.5 Å². The van der Waals surface area contributed by atoms with Crippen molar-refractivity contribution in [3.05, 3.63) is 131 Å². The highest BCUT2D eigenvalue weighted by Crippen LogP contribution is 2.64. The molecule has 6 aliphatic rings. The first-order valence-electron chi connectivity index (χ1n) is 20.7. The van der Waals surface area contributed by atoms with Crippen molar-refractivity contribution in [3.8, 4) is 0 Å². The highest BCUT2D eigenvalue weighted by atomic mass is 16.5. The zero-order chi connectivity index (χ0) is 38.0. The van der Waals surface area contributed by atoms with Crippen molar-refractivity contribution in [3.63, 3.8) is 0 Å². The molecule has 0 saturated heterocycles. The number of ether oxygens (including phenoxy) is 3. The Bertz CT molecular complexity index is 1700. The Morgan fingerprint density at radius 3 is 2.51 bits per heavy atom. The van der Waals surface area contributed by atoms with E-state index in [4.69, 9.17) is 14.2 Å². The molecule has 4 unspecified atom stereocenters. The minimum absolute atomic E-state index is 0.0105. The summed E-state index contributed by atoms with van der Waals surface area (Å²) in [5, 5.41) is 12.9. The van der Waals surface area contributed by atoms with E-state index in [2.05, 4.69) is 78.2 Å². The van der Waals surface area contributed by atoms with Gasteiger partial charge in [-0.3, -0.25) is 0 Å². The SMILES string of the molecule is C=C/C=C(\CC)OC1CCC(C2(C(/C=C\C(=C)O/C(C)=C/C=C\C)CC)C=CC3C(=C4CCC=CC4=C4C5=C(CCCC5)C(C)(C)C(C)(O)[C@H]43)O2)CC1. The van der Waals surface area contributed by atoms with Crippen LogP contribution in [0.2, 0.25) is 0 Å². The van der Waals surface area contributed by atoms with Crippen molar-refractivity contribution in [2.45, 2.75) is 143 Å². The van der Waals surface area contributed by atoms with Gasteiger partial charge < -0.3 is 19.3 Å². The summed E-state index contributed by atoms with van der Waals surface area (Å²) in [5.74, 6) is 3.85. The molecule has 5 atom stereocenters. The first kappa shape index (κ1) is 39.2. The van der Waals surface area contributed by atoms with Gasteiger partial charge in [-0.2, -0.15) is 0 Å². The molecule has 1 saturated carbocycles. The van der Waals surface area contributed by atoms with Gasteiger partial charge in [0.1, 0.15) is 22.9 Å². The van der Waals surface area contributed by atoms with Gasteiger partial charge in [0.2, 0.25) is 0 Å². The molecule has 5 aliphatic carbocycles. The van der Waals surface area contributed by atoms with Crippen LogP contribution < -0.4 is 0 Å². The fourth-order valence-corrected chi connectivity index (χ4v) is 10.5. The van der Waals surface area contributed by atoms with E-state index in [9.17, 15) is 5.11 Å². The van der Waals surface area contributed by atoms with E-state index in [-0.39, 0.29) is 29.3 Å². The topological polar surface area (TPSA) is 47.9 Å². The van der Waals surface area contributed by atoms with E-state index in [0.29, 0.717) is 11.7 Å². The quantitative estimate of drug-likeness (QED) is 0.124. The lowest BCUT2D eigenvalue weighted by atomic mass is 9.49. The van der Waals surface area contributed by atoms with Crippen LogP contribution in [0.25, 0.3) is 0 Å². The van der Waals surface area contributed by atoms with Crippen LogP contribution in [0.4, 0.5) is 0 Å². The fourth-order valence-electron chi connectivity index (χ4n) is 10.5. The largest absolute Gasteiger partial charge is 0.495 e. The number of allylic oxidation sites excluding steroid dienone is 14. The molecule has 0 radical (unpaired) electrons. The minimum atomic E-state index is -0.936. The lowest BCUT2D eigenvalue weighted by Crippen LogP contribution is -2.58. The first-order valence-corrected chi connectivity index (χ1v) is 20.7. The molecule has 0 bridgehead atoms. The van der Waals surface area contributed by atoms with Gasteiger partial charge in [-0.15, -0.1) is 0 Å². The van der Waals surface area contributed by atoms with Gasteiger partial charge >= 0.3 is 0 Å². The van der Waals surface area contributed by atoms with Gasteiger partial charge in [0.05, 0.1) is 17.5 Å².